The third kappa shape index (κ3) is 4.88. The lowest BCUT2D eigenvalue weighted by molar-refractivity contribution is -0.124. The number of amides is 1. The van der Waals surface area contributed by atoms with Crippen LogP contribution in [0.15, 0.2) is 48.5 Å². The first-order valence-electron chi connectivity index (χ1n) is 7.41. The van der Waals surface area contributed by atoms with Crippen LogP contribution in [0, 0.1) is 11.7 Å². The Bertz CT molecular complexity index is 625. The summed E-state index contributed by atoms with van der Waals surface area (Å²) in [6.45, 7) is 2.43. The molecular formula is C18H21FN2O. The number of anilines is 1. The molecule has 4 heteroatoms. The molecule has 0 saturated heterocycles. The molecule has 116 valence electrons. The van der Waals surface area contributed by atoms with Gasteiger partial charge in [-0.3, -0.25) is 4.79 Å². The Morgan fingerprint density at radius 3 is 2.59 bits per heavy atom. The lowest BCUT2D eigenvalue weighted by atomic mass is 10.0. The molecule has 0 heterocycles. The van der Waals surface area contributed by atoms with Crippen LogP contribution in [-0.4, -0.2) is 12.5 Å². The van der Waals surface area contributed by atoms with E-state index in [4.69, 9.17) is 5.73 Å². The minimum Gasteiger partial charge on any atom is -0.399 e. The van der Waals surface area contributed by atoms with E-state index in [0.717, 1.165) is 23.2 Å². The lowest BCUT2D eigenvalue weighted by Crippen LogP contribution is -2.31. The Hall–Kier alpha value is -2.36. The number of nitrogens with one attached hydrogen (secondary N) is 1. The van der Waals surface area contributed by atoms with Gasteiger partial charge in [0.25, 0.3) is 0 Å². The maximum Gasteiger partial charge on any atom is 0.223 e. The van der Waals surface area contributed by atoms with Crippen LogP contribution in [0.3, 0.4) is 0 Å². The molecule has 1 atom stereocenters. The van der Waals surface area contributed by atoms with Crippen molar-refractivity contribution in [3.8, 4) is 0 Å². The average molecular weight is 300 g/mol. The average Bonchev–Trinajstić information content (AvgIpc) is 2.49. The van der Waals surface area contributed by atoms with E-state index in [0.29, 0.717) is 13.0 Å². The van der Waals surface area contributed by atoms with Crippen LogP contribution in [0.1, 0.15) is 18.1 Å². The Labute approximate surface area is 130 Å². The second-order valence-electron chi connectivity index (χ2n) is 5.52. The zero-order chi connectivity index (χ0) is 15.9. The molecule has 0 spiro atoms. The normalized spacial score (nSPS) is 11.9. The number of hydrogen-bond donors (Lipinski definition) is 2. The Morgan fingerprint density at radius 1 is 1.18 bits per heavy atom. The highest BCUT2D eigenvalue weighted by Crippen LogP contribution is 2.11. The van der Waals surface area contributed by atoms with E-state index in [9.17, 15) is 9.18 Å². The van der Waals surface area contributed by atoms with Crippen LogP contribution in [0.2, 0.25) is 0 Å². The SMILES string of the molecule is CC(Cc1cccc(F)c1)C(=O)NCCc1ccc(N)cc1. The van der Waals surface area contributed by atoms with Crippen LogP contribution in [0.5, 0.6) is 0 Å². The highest BCUT2D eigenvalue weighted by molar-refractivity contribution is 5.78. The van der Waals surface area contributed by atoms with E-state index in [-0.39, 0.29) is 17.6 Å². The van der Waals surface area contributed by atoms with E-state index < -0.39 is 0 Å². The summed E-state index contributed by atoms with van der Waals surface area (Å²) >= 11 is 0. The zero-order valence-electron chi connectivity index (χ0n) is 12.7. The third-order valence-electron chi connectivity index (χ3n) is 3.57. The van der Waals surface area contributed by atoms with Gasteiger partial charge >= 0.3 is 0 Å². The fourth-order valence-electron chi connectivity index (χ4n) is 2.30. The number of benzene rings is 2. The largest absolute Gasteiger partial charge is 0.399 e. The number of nitrogen functional groups attached to an aromatic ring is 1. The molecule has 3 N–H and O–H groups in total. The number of nitrogens with two attached hydrogens (primary N) is 1. The summed E-state index contributed by atoms with van der Waals surface area (Å²) in [5.41, 5.74) is 8.33. The van der Waals surface area contributed by atoms with Gasteiger partial charge in [0.15, 0.2) is 0 Å². The summed E-state index contributed by atoms with van der Waals surface area (Å²) in [5, 5.41) is 2.92. The fourth-order valence-corrected chi connectivity index (χ4v) is 2.30. The Morgan fingerprint density at radius 2 is 1.91 bits per heavy atom. The smallest absolute Gasteiger partial charge is 0.223 e. The van der Waals surface area contributed by atoms with E-state index >= 15 is 0 Å². The molecule has 0 aliphatic rings. The first kappa shape index (κ1) is 16.0. The highest BCUT2D eigenvalue weighted by atomic mass is 19.1. The summed E-state index contributed by atoms with van der Waals surface area (Å²) in [5.74, 6) is -0.471. The third-order valence-corrected chi connectivity index (χ3v) is 3.57. The van der Waals surface area contributed by atoms with Crippen molar-refractivity contribution in [1.82, 2.24) is 5.32 Å². The van der Waals surface area contributed by atoms with Gasteiger partial charge in [-0.1, -0.05) is 31.2 Å². The number of halogens is 1. The Balaban J connectivity index is 1.77. The van der Waals surface area contributed by atoms with Crippen molar-refractivity contribution in [2.75, 3.05) is 12.3 Å². The summed E-state index contributed by atoms with van der Waals surface area (Å²) in [7, 11) is 0. The van der Waals surface area contributed by atoms with Gasteiger partial charge in [0.05, 0.1) is 0 Å². The molecule has 3 nitrogen and oxygen atoms in total. The van der Waals surface area contributed by atoms with E-state index in [2.05, 4.69) is 5.32 Å². The van der Waals surface area contributed by atoms with Gasteiger partial charge in [-0.15, -0.1) is 0 Å². The summed E-state index contributed by atoms with van der Waals surface area (Å²) in [4.78, 5) is 12.1. The molecule has 0 fully saturated rings. The number of hydrogen-bond acceptors (Lipinski definition) is 2. The van der Waals surface area contributed by atoms with Crippen molar-refractivity contribution in [3.63, 3.8) is 0 Å². The second-order valence-corrected chi connectivity index (χ2v) is 5.52. The van der Waals surface area contributed by atoms with Crippen molar-refractivity contribution in [3.05, 3.63) is 65.5 Å². The molecule has 0 aliphatic heterocycles. The summed E-state index contributed by atoms with van der Waals surface area (Å²) in [6, 6.07) is 14.0. The zero-order valence-corrected chi connectivity index (χ0v) is 12.7. The molecule has 2 aromatic rings. The predicted molar refractivity (Wildman–Crippen MR) is 86.8 cm³/mol. The quantitative estimate of drug-likeness (QED) is 0.806. The first-order chi connectivity index (χ1) is 10.5. The molecule has 22 heavy (non-hydrogen) atoms. The van der Waals surface area contributed by atoms with Gasteiger partial charge in [-0.2, -0.15) is 0 Å². The maximum atomic E-state index is 13.1. The minimum atomic E-state index is -0.270. The monoisotopic (exact) mass is 300 g/mol. The van der Waals surface area contributed by atoms with Gasteiger partial charge in [-0.25, -0.2) is 4.39 Å². The van der Waals surface area contributed by atoms with Crippen LogP contribution in [-0.2, 0) is 17.6 Å². The van der Waals surface area contributed by atoms with Gasteiger partial charge in [-0.05, 0) is 48.2 Å². The molecule has 1 amide bonds. The van der Waals surface area contributed by atoms with Crippen molar-refractivity contribution < 1.29 is 9.18 Å². The molecule has 1 unspecified atom stereocenters. The number of carbonyl (C=O) groups excluding carboxylic acids is 1. The van der Waals surface area contributed by atoms with Gasteiger partial charge in [0, 0.05) is 18.2 Å². The summed E-state index contributed by atoms with van der Waals surface area (Å²) in [6.07, 6.45) is 1.30. The predicted octanol–water partition coefficient (Wildman–Crippen LogP) is 2.95. The lowest BCUT2D eigenvalue weighted by Gasteiger charge is -2.12. The molecule has 0 radical (unpaired) electrons. The number of rotatable bonds is 6. The van der Waals surface area contributed by atoms with Crippen LogP contribution < -0.4 is 11.1 Å². The van der Waals surface area contributed by atoms with Gasteiger partial charge < -0.3 is 11.1 Å². The van der Waals surface area contributed by atoms with Crippen LogP contribution in [0.4, 0.5) is 10.1 Å². The second kappa shape index (κ2) is 7.59. The topological polar surface area (TPSA) is 55.1 Å². The van der Waals surface area contributed by atoms with Crippen LogP contribution in [0.25, 0.3) is 0 Å². The molecule has 0 aliphatic carbocycles. The standard InChI is InChI=1S/C18H21FN2O/c1-13(11-15-3-2-4-16(19)12-15)18(22)21-10-9-14-5-7-17(20)8-6-14/h2-8,12-13H,9-11,20H2,1H3,(H,21,22). The summed E-state index contributed by atoms with van der Waals surface area (Å²) < 4.78 is 13.1. The van der Waals surface area contributed by atoms with Crippen LogP contribution >= 0.6 is 0 Å². The van der Waals surface area contributed by atoms with Crippen molar-refractivity contribution in [2.24, 2.45) is 5.92 Å². The molecule has 0 aromatic heterocycles. The van der Waals surface area contributed by atoms with E-state index in [1.807, 2.05) is 37.3 Å². The van der Waals surface area contributed by atoms with Crippen molar-refractivity contribution in [2.45, 2.75) is 19.8 Å². The van der Waals surface area contributed by atoms with Crippen molar-refractivity contribution in [1.29, 1.82) is 0 Å². The molecule has 0 bridgehead atoms. The fraction of sp³-hybridized carbons (Fsp3) is 0.278. The molecule has 2 aromatic carbocycles. The Kier molecular flexibility index (Phi) is 5.53. The van der Waals surface area contributed by atoms with E-state index in [1.165, 1.54) is 12.1 Å². The molecule has 2 rings (SSSR count). The van der Waals surface area contributed by atoms with E-state index in [1.54, 1.807) is 6.07 Å². The molecular weight excluding hydrogens is 279 g/mol. The van der Waals surface area contributed by atoms with Gasteiger partial charge in [0.1, 0.15) is 5.82 Å². The number of carbonyl (C=O) groups is 1. The first-order valence-corrected chi connectivity index (χ1v) is 7.41. The minimum absolute atomic E-state index is 0.0142. The van der Waals surface area contributed by atoms with Gasteiger partial charge in [0.2, 0.25) is 5.91 Å². The van der Waals surface area contributed by atoms with Crippen molar-refractivity contribution >= 4 is 11.6 Å². The highest BCUT2D eigenvalue weighted by Gasteiger charge is 2.13. The molecule has 0 saturated carbocycles. The maximum absolute atomic E-state index is 13.1.